The molecule has 156 valence electrons. The Morgan fingerprint density at radius 1 is 1.13 bits per heavy atom. The smallest absolute Gasteiger partial charge is 0.288 e. The number of halogens is 1. The van der Waals surface area contributed by atoms with Gasteiger partial charge in [-0.05, 0) is 53.4 Å². The molecule has 31 heavy (non-hydrogen) atoms. The zero-order chi connectivity index (χ0) is 21.5. The first-order chi connectivity index (χ1) is 15.1. The predicted octanol–water partition coefficient (Wildman–Crippen LogP) is 6.38. The van der Waals surface area contributed by atoms with E-state index in [9.17, 15) is 10.1 Å². The van der Waals surface area contributed by atoms with Crippen molar-refractivity contribution in [1.82, 2.24) is 9.88 Å². The van der Waals surface area contributed by atoms with Crippen molar-refractivity contribution in [2.24, 2.45) is 0 Å². The molecule has 1 aliphatic rings. The lowest BCUT2D eigenvalue weighted by atomic mass is 9.89. The van der Waals surface area contributed by atoms with E-state index < -0.39 is 4.92 Å². The van der Waals surface area contributed by atoms with Crippen molar-refractivity contribution in [3.05, 3.63) is 80.9 Å². The number of hydrogen-bond donors (Lipinski definition) is 0. The molecular formula is C25H22ClN3O2. The van der Waals surface area contributed by atoms with E-state index in [1.807, 2.05) is 6.07 Å². The largest absolute Gasteiger partial charge is 0.299 e. The maximum Gasteiger partial charge on any atom is 0.288 e. The first-order valence-corrected chi connectivity index (χ1v) is 10.9. The van der Waals surface area contributed by atoms with Crippen molar-refractivity contribution in [2.45, 2.75) is 26.3 Å². The topological polar surface area (TPSA) is 59.3 Å². The van der Waals surface area contributed by atoms with Crippen LogP contribution in [0.15, 0.2) is 54.6 Å². The molecule has 0 saturated carbocycles. The second-order valence-corrected chi connectivity index (χ2v) is 8.45. The van der Waals surface area contributed by atoms with Gasteiger partial charge in [0.05, 0.1) is 16.1 Å². The summed E-state index contributed by atoms with van der Waals surface area (Å²) in [6.07, 6.45) is 2.02. The Hall–Kier alpha value is -3.02. The molecule has 1 aliphatic heterocycles. The average Bonchev–Trinajstić information content (AvgIpc) is 2.78. The van der Waals surface area contributed by atoms with Gasteiger partial charge in [-0.3, -0.25) is 15.0 Å². The molecular weight excluding hydrogens is 410 g/mol. The van der Waals surface area contributed by atoms with Crippen LogP contribution in [0.4, 0.5) is 5.69 Å². The minimum Gasteiger partial charge on any atom is -0.299 e. The molecule has 0 atom stereocenters. The number of nitro groups is 1. The van der Waals surface area contributed by atoms with E-state index in [-0.39, 0.29) is 10.7 Å². The van der Waals surface area contributed by atoms with Crippen LogP contribution in [-0.4, -0.2) is 27.9 Å². The molecule has 4 aromatic rings. The number of rotatable bonds is 4. The van der Waals surface area contributed by atoms with Crippen LogP contribution in [0.3, 0.4) is 0 Å². The fraction of sp³-hybridized carbons (Fsp3) is 0.240. The van der Waals surface area contributed by atoms with Gasteiger partial charge in [0.25, 0.3) is 5.69 Å². The summed E-state index contributed by atoms with van der Waals surface area (Å²) >= 11 is 6.08. The summed E-state index contributed by atoms with van der Waals surface area (Å²) in [5.74, 6) is 0. The molecule has 0 unspecified atom stereocenters. The number of aromatic nitrogens is 1. The summed E-state index contributed by atoms with van der Waals surface area (Å²) in [4.78, 5) is 18.5. The van der Waals surface area contributed by atoms with Gasteiger partial charge in [0.2, 0.25) is 0 Å². The van der Waals surface area contributed by atoms with Crippen LogP contribution in [-0.2, 0) is 13.0 Å². The monoisotopic (exact) mass is 431 g/mol. The fourth-order valence-electron chi connectivity index (χ4n) is 4.72. The Bertz CT molecular complexity index is 1340. The molecule has 0 amide bonds. The van der Waals surface area contributed by atoms with Gasteiger partial charge in [0.15, 0.2) is 0 Å². The Balaban J connectivity index is 1.81. The van der Waals surface area contributed by atoms with Crippen LogP contribution in [0.25, 0.3) is 32.9 Å². The molecule has 0 fully saturated rings. The highest BCUT2D eigenvalue weighted by atomic mass is 35.5. The Labute approximate surface area is 185 Å². The van der Waals surface area contributed by atoms with Crippen molar-refractivity contribution in [3.63, 3.8) is 0 Å². The lowest BCUT2D eigenvalue weighted by molar-refractivity contribution is -0.384. The number of fused-ring (bicyclic) bond motifs is 5. The minimum atomic E-state index is -0.434. The van der Waals surface area contributed by atoms with Gasteiger partial charge in [-0.15, -0.1) is 0 Å². The molecule has 1 aromatic heterocycles. The summed E-state index contributed by atoms with van der Waals surface area (Å²) < 4.78 is 0. The molecule has 3 aromatic carbocycles. The molecule has 0 saturated heterocycles. The van der Waals surface area contributed by atoms with Crippen molar-refractivity contribution in [1.29, 1.82) is 0 Å². The number of nitro benzene ring substituents is 1. The number of pyridine rings is 1. The third-order valence-electron chi connectivity index (χ3n) is 6.11. The van der Waals surface area contributed by atoms with E-state index in [0.29, 0.717) is 0 Å². The number of hydrogen-bond acceptors (Lipinski definition) is 4. The molecule has 0 radical (unpaired) electrons. The summed E-state index contributed by atoms with van der Waals surface area (Å²) in [6, 6.07) is 17.5. The molecule has 2 heterocycles. The van der Waals surface area contributed by atoms with Crippen LogP contribution >= 0.6 is 11.6 Å². The molecule has 0 bridgehead atoms. The maximum atomic E-state index is 11.5. The van der Waals surface area contributed by atoms with Gasteiger partial charge >= 0.3 is 0 Å². The van der Waals surface area contributed by atoms with Crippen LogP contribution in [0, 0.1) is 10.1 Å². The fourth-order valence-corrected chi connectivity index (χ4v) is 4.90. The Morgan fingerprint density at radius 3 is 2.77 bits per heavy atom. The molecule has 5 nitrogen and oxygen atoms in total. The van der Waals surface area contributed by atoms with Gasteiger partial charge in [0.1, 0.15) is 5.02 Å². The maximum absolute atomic E-state index is 11.5. The highest BCUT2D eigenvalue weighted by Gasteiger charge is 2.25. The first-order valence-electron chi connectivity index (χ1n) is 10.6. The SMILES string of the molecule is CCCN1CCc2c(c(-c3ccc(Cl)c([N+](=O)[O-])c3)nc3ccc4ccccc4c23)C1. The number of benzene rings is 3. The molecule has 6 heteroatoms. The summed E-state index contributed by atoms with van der Waals surface area (Å²) in [5, 5.41) is 15.2. The zero-order valence-corrected chi connectivity index (χ0v) is 18.0. The van der Waals surface area contributed by atoms with Gasteiger partial charge in [0, 0.05) is 30.1 Å². The van der Waals surface area contributed by atoms with Crippen LogP contribution in [0.1, 0.15) is 24.5 Å². The third-order valence-corrected chi connectivity index (χ3v) is 6.43. The normalized spacial score (nSPS) is 14.1. The zero-order valence-electron chi connectivity index (χ0n) is 17.3. The second kappa shape index (κ2) is 7.91. The van der Waals surface area contributed by atoms with Crippen LogP contribution in [0.5, 0.6) is 0 Å². The van der Waals surface area contributed by atoms with Crippen LogP contribution < -0.4 is 0 Å². The lowest BCUT2D eigenvalue weighted by Gasteiger charge is -2.31. The van der Waals surface area contributed by atoms with Gasteiger partial charge in [-0.25, -0.2) is 4.98 Å². The predicted molar refractivity (Wildman–Crippen MR) is 126 cm³/mol. The van der Waals surface area contributed by atoms with E-state index in [4.69, 9.17) is 16.6 Å². The first kappa shape index (κ1) is 19.9. The summed E-state index contributed by atoms with van der Waals surface area (Å²) in [7, 11) is 0. The van der Waals surface area contributed by atoms with Crippen LogP contribution in [0.2, 0.25) is 5.02 Å². The van der Waals surface area contributed by atoms with Crippen molar-refractivity contribution < 1.29 is 4.92 Å². The summed E-state index contributed by atoms with van der Waals surface area (Å²) in [6.45, 7) is 5.00. The lowest BCUT2D eigenvalue weighted by Crippen LogP contribution is -2.32. The summed E-state index contributed by atoms with van der Waals surface area (Å²) in [5.41, 5.74) is 4.87. The van der Waals surface area contributed by atoms with Gasteiger partial charge in [-0.2, -0.15) is 0 Å². The van der Waals surface area contributed by atoms with Crippen molar-refractivity contribution >= 4 is 39.0 Å². The second-order valence-electron chi connectivity index (χ2n) is 8.05. The minimum absolute atomic E-state index is 0.0884. The van der Waals surface area contributed by atoms with E-state index in [1.165, 1.54) is 27.3 Å². The number of nitrogens with zero attached hydrogens (tertiary/aromatic N) is 3. The van der Waals surface area contributed by atoms with Crippen molar-refractivity contribution in [3.8, 4) is 11.3 Å². The third kappa shape index (κ3) is 3.44. The van der Waals surface area contributed by atoms with Crippen molar-refractivity contribution in [2.75, 3.05) is 13.1 Å². The quantitative estimate of drug-likeness (QED) is 0.213. The standard InChI is InChI=1S/C25H22ClN3O2/c1-2-12-28-13-11-19-20(15-28)25(17-7-9-21(26)23(14-17)29(30)31)27-22-10-8-16-5-3-4-6-18(16)24(19)22/h3-10,14H,2,11-13,15H2,1H3. The highest BCUT2D eigenvalue weighted by molar-refractivity contribution is 6.32. The van der Waals surface area contributed by atoms with E-state index in [2.05, 4.69) is 48.2 Å². The Kier molecular flexibility index (Phi) is 5.08. The van der Waals surface area contributed by atoms with Gasteiger partial charge in [-0.1, -0.05) is 54.9 Å². The molecule has 0 aliphatic carbocycles. The molecule has 5 rings (SSSR count). The van der Waals surface area contributed by atoms with E-state index in [1.54, 1.807) is 12.1 Å². The molecule has 0 N–H and O–H groups in total. The van der Waals surface area contributed by atoms with Gasteiger partial charge < -0.3 is 0 Å². The molecule has 0 spiro atoms. The average molecular weight is 432 g/mol. The van der Waals surface area contributed by atoms with E-state index in [0.717, 1.165) is 49.2 Å². The Morgan fingerprint density at radius 2 is 1.97 bits per heavy atom. The highest BCUT2D eigenvalue weighted by Crippen LogP contribution is 2.39. The van der Waals surface area contributed by atoms with E-state index >= 15 is 0 Å².